The number of hydrogen-bond donors (Lipinski definition) is 0. The zero-order valence-corrected chi connectivity index (χ0v) is 35.2. The lowest BCUT2D eigenvalue weighted by Gasteiger charge is -2.13. The first-order valence-electron chi connectivity index (χ1n) is 21.0. The smallest absolute Gasteiger partial charge is 0.160 e. The number of hydrogen-bond acceptors (Lipinski definition) is 2. The van der Waals surface area contributed by atoms with Gasteiger partial charge in [-0.25, -0.2) is 9.97 Å². The maximum Gasteiger partial charge on any atom is 0.160 e. The largest absolute Gasteiger partial charge is 0.228 e. The predicted molar refractivity (Wildman–Crippen MR) is 255 cm³/mol. The minimum absolute atomic E-state index is 0.749. The monoisotopic (exact) mass is 774 g/mol. The number of aryl methyl sites for hydroxylation is 3. The lowest BCUT2D eigenvalue weighted by molar-refractivity contribution is 1.13. The summed E-state index contributed by atoms with van der Waals surface area (Å²) in [5.74, 6) is 0.749. The van der Waals surface area contributed by atoms with Crippen molar-refractivity contribution >= 4 is 0 Å². The SMILES string of the molecule is CC.Cc1ccccc1.Cc1ccccc1-c1ccc(-c2cccc(-c3cccc4c3Cc3c(-c5cccc(-c6ccccc6)c5)nc(-c5ccccc5)nc3-4)c2)cc1C. The molecule has 0 amide bonds. The van der Waals surface area contributed by atoms with Crippen LogP contribution in [-0.4, -0.2) is 9.97 Å². The summed E-state index contributed by atoms with van der Waals surface area (Å²) in [4.78, 5) is 10.6. The van der Waals surface area contributed by atoms with Crippen molar-refractivity contribution in [2.24, 2.45) is 0 Å². The molecule has 0 N–H and O–H groups in total. The molecule has 9 aromatic rings. The van der Waals surface area contributed by atoms with E-state index in [1.54, 1.807) is 0 Å². The molecule has 0 unspecified atom stereocenters. The van der Waals surface area contributed by atoms with Crippen molar-refractivity contribution < 1.29 is 0 Å². The third-order valence-corrected chi connectivity index (χ3v) is 11.2. The first-order valence-corrected chi connectivity index (χ1v) is 21.0. The number of nitrogens with zero attached hydrogens (tertiary/aromatic N) is 2. The molecule has 1 heterocycles. The Morgan fingerprint density at radius 1 is 0.317 bits per heavy atom. The Kier molecular flexibility index (Phi) is 12.0. The zero-order chi connectivity index (χ0) is 41.4. The Hall–Kier alpha value is -7.16. The van der Waals surface area contributed by atoms with Crippen molar-refractivity contribution in [2.45, 2.75) is 41.0 Å². The highest BCUT2D eigenvalue weighted by atomic mass is 14.9. The van der Waals surface area contributed by atoms with Gasteiger partial charge in [0, 0.05) is 28.7 Å². The Balaban J connectivity index is 0.000000499. The van der Waals surface area contributed by atoms with E-state index >= 15 is 0 Å². The lowest BCUT2D eigenvalue weighted by Crippen LogP contribution is -1.99. The first-order chi connectivity index (χ1) is 29.5. The van der Waals surface area contributed by atoms with Gasteiger partial charge in [-0.1, -0.05) is 207 Å². The molecule has 0 saturated heterocycles. The topological polar surface area (TPSA) is 25.8 Å². The van der Waals surface area contributed by atoms with Gasteiger partial charge in [-0.15, -0.1) is 0 Å². The van der Waals surface area contributed by atoms with E-state index in [4.69, 9.17) is 9.97 Å². The second-order valence-corrected chi connectivity index (χ2v) is 15.1. The van der Waals surface area contributed by atoms with Crippen LogP contribution in [-0.2, 0) is 6.42 Å². The quantitative estimate of drug-likeness (QED) is 0.168. The summed E-state index contributed by atoms with van der Waals surface area (Å²) in [7, 11) is 0. The fourth-order valence-electron chi connectivity index (χ4n) is 8.17. The van der Waals surface area contributed by atoms with Crippen molar-refractivity contribution in [3.63, 3.8) is 0 Å². The Labute approximate surface area is 356 Å². The van der Waals surface area contributed by atoms with E-state index in [9.17, 15) is 0 Å². The van der Waals surface area contributed by atoms with Crippen LogP contribution in [0.25, 0.3) is 78.4 Å². The van der Waals surface area contributed by atoms with Crippen molar-refractivity contribution in [3.05, 3.63) is 228 Å². The van der Waals surface area contributed by atoms with Gasteiger partial charge in [0.05, 0.1) is 11.4 Å². The normalized spacial score (nSPS) is 11.0. The van der Waals surface area contributed by atoms with Crippen LogP contribution in [0.2, 0.25) is 0 Å². The van der Waals surface area contributed by atoms with Crippen LogP contribution in [0.3, 0.4) is 0 Å². The summed E-state index contributed by atoms with van der Waals surface area (Å²) in [5.41, 5.74) is 21.5. The molecule has 1 aliphatic carbocycles. The van der Waals surface area contributed by atoms with Crippen molar-refractivity contribution in [1.29, 1.82) is 0 Å². The van der Waals surface area contributed by atoms with Gasteiger partial charge in [0.15, 0.2) is 5.82 Å². The second-order valence-electron chi connectivity index (χ2n) is 15.1. The highest BCUT2D eigenvalue weighted by Crippen LogP contribution is 2.45. The van der Waals surface area contributed by atoms with Gasteiger partial charge in [0.1, 0.15) is 0 Å². The van der Waals surface area contributed by atoms with Gasteiger partial charge in [-0.3, -0.25) is 0 Å². The summed E-state index contributed by atoms with van der Waals surface area (Å²) in [6, 6.07) is 71.1. The van der Waals surface area contributed by atoms with Crippen LogP contribution in [0.1, 0.15) is 41.7 Å². The van der Waals surface area contributed by atoms with Crippen LogP contribution in [0.15, 0.2) is 200 Å². The average Bonchev–Trinajstić information content (AvgIpc) is 3.70. The molecular weight excluding hydrogens is 725 g/mol. The number of fused-ring (bicyclic) bond motifs is 3. The molecular formula is C58H50N2. The molecule has 8 aromatic carbocycles. The maximum atomic E-state index is 5.29. The van der Waals surface area contributed by atoms with E-state index in [0.29, 0.717) is 0 Å². The van der Waals surface area contributed by atoms with Crippen LogP contribution in [0.5, 0.6) is 0 Å². The third-order valence-electron chi connectivity index (χ3n) is 11.2. The van der Waals surface area contributed by atoms with E-state index in [1.165, 1.54) is 77.9 Å². The lowest BCUT2D eigenvalue weighted by atomic mass is 9.91. The molecule has 60 heavy (non-hydrogen) atoms. The minimum Gasteiger partial charge on any atom is -0.228 e. The molecule has 0 aliphatic heterocycles. The van der Waals surface area contributed by atoms with Gasteiger partial charge in [0.25, 0.3) is 0 Å². The fourth-order valence-corrected chi connectivity index (χ4v) is 8.17. The van der Waals surface area contributed by atoms with Gasteiger partial charge >= 0.3 is 0 Å². The number of benzene rings is 8. The van der Waals surface area contributed by atoms with E-state index in [-0.39, 0.29) is 0 Å². The molecule has 0 saturated carbocycles. The maximum absolute atomic E-state index is 5.29. The standard InChI is InChI=1S/C49H36N2.C7H8.C2H6/c1-32-14-9-10-23-41(32)42-27-26-38(28-33(42)2)37-20-11-21-39(29-37)43-24-13-25-44-45(43)31-46-47(50-49(51-48(44)46)35-17-7-4-8-18-35)40-22-12-19-36(30-40)34-15-5-3-6-16-34;1-7-5-3-2-4-6-7;1-2/h3-30H,31H2,1-2H3;2-6H,1H3;1-2H3. The summed E-state index contributed by atoms with van der Waals surface area (Å²) in [6.45, 7) is 10.5. The van der Waals surface area contributed by atoms with Crippen LogP contribution in [0.4, 0.5) is 0 Å². The predicted octanol–water partition coefficient (Wildman–Crippen LogP) is 15.7. The molecule has 0 spiro atoms. The molecule has 1 aliphatic rings. The minimum atomic E-state index is 0.749. The summed E-state index contributed by atoms with van der Waals surface area (Å²) >= 11 is 0. The Morgan fingerprint density at radius 3 is 1.47 bits per heavy atom. The first kappa shape index (κ1) is 39.7. The van der Waals surface area contributed by atoms with Gasteiger partial charge < -0.3 is 0 Å². The molecule has 2 nitrogen and oxygen atoms in total. The van der Waals surface area contributed by atoms with Crippen molar-refractivity contribution in [1.82, 2.24) is 9.97 Å². The molecule has 0 atom stereocenters. The molecule has 1 aromatic heterocycles. The Bertz CT molecular complexity index is 2880. The van der Waals surface area contributed by atoms with E-state index in [2.05, 4.69) is 197 Å². The molecule has 0 bridgehead atoms. The summed E-state index contributed by atoms with van der Waals surface area (Å²) in [6.07, 6.45) is 0.773. The van der Waals surface area contributed by atoms with Crippen LogP contribution >= 0.6 is 0 Å². The Morgan fingerprint density at radius 2 is 0.800 bits per heavy atom. The fraction of sp³-hybridized carbons (Fsp3) is 0.103. The third kappa shape index (κ3) is 8.37. The van der Waals surface area contributed by atoms with E-state index in [1.807, 2.05) is 38.1 Å². The molecule has 292 valence electrons. The van der Waals surface area contributed by atoms with E-state index < -0.39 is 0 Å². The zero-order valence-electron chi connectivity index (χ0n) is 35.2. The number of aromatic nitrogens is 2. The number of rotatable bonds is 6. The van der Waals surface area contributed by atoms with Crippen molar-refractivity contribution in [2.75, 3.05) is 0 Å². The molecule has 0 fully saturated rings. The van der Waals surface area contributed by atoms with Gasteiger partial charge in [-0.2, -0.15) is 0 Å². The van der Waals surface area contributed by atoms with Gasteiger partial charge in [0.2, 0.25) is 0 Å². The van der Waals surface area contributed by atoms with Crippen LogP contribution < -0.4 is 0 Å². The van der Waals surface area contributed by atoms with E-state index in [0.717, 1.165) is 34.8 Å². The summed E-state index contributed by atoms with van der Waals surface area (Å²) in [5, 5.41) is 0. The molecule has 2 heteroatoms. The second kappa shape index (κ2) is 18.2. The molecule has 10 rings (SSSR count). The van der Waals surface area contributed by atoms with Crippen molar-refractivity contribution in [3.8, 4) is 78.4 Å². The molecule has 0 radical (unpaired) electrons. The van der Waals surface area contributed by atoms with Crippen LogP contribution in [0, 0.1) is 20.8 Å². The van der Waals surface area contributed by atoms with Gasteiger partial charge in [-0.05, 0) is 94.1 Å². The highest BCUT2D eigenvalue weighted by molar-refractivity contribution is 5.89. The highest BCUT2D eigenvalue weighted by Gasteiger charge is 2.28. The average molecular weight is 775 g/mol. The summed E-state index contributed by atoms with van der Waals surface area (Å²) < 4.78 is 0.